The molecule has 3 heteroatoms. The summed E-state index contributed by atoms with van der Waals surface area (Å²) in [6.07, 6.45) is 2.36. The zero-order chi connectivity index (χ0) is 7.61. The standard InChI is InChI=1S/C7H11FO2/c8-4-3-7(1-2-7)5-6(9)10/h1-5H2,(H,9,10). The number of halogens is 1. The maximum absolute atomic E-state index is 11.8. The van der Waals surface area contributed by atoms with E-state index in [0.717, 1.165) is 12.8 Å². The summed E-state index contributed by atoms with van der Waals surface area (Å²) in [5, 5.41) is 8.39. The quantitative estimate of drug-likeness (QED) is 0.654. The highest BCUT2D eigenvalue weighted by molar-refractivity contribution is 5.68. The van der Waals surface area contributed by atoms with Crippen molar-refractivity contribution >= 4 is 5.97 Å². The zero-order valence-corrected chi connectivity index (χ0v) is 5.77. The van der Waals surface area contributed by atoms with E-state index in [-0.39, 0.29) is 18.5 Å². The van der Waals surface area contributed by atoms with Crippen LogP contribution < -0.4 is 0 Å². The van der Waals surface area contributed by atoms with Crippen molar-refractivity contribution in [1.82, 2.24) is 0 Å². The molecule has 0 radical (unpaired) electrons. The summed E-state index contributed by atoms with van der Waals surface area (Å²) < 4.78 is 11.8. The fraction of sp³-hybridized carbons (Fsp3) is 0.857. The van der Waals surface area contributed by atoms with Crippen LogP contribution in [-0.4, -0.2) is 17.8 Å². The molecule has 1 aliphatic carbocycles. The summed E-state index contributed by atoms with van der Waals surface area (Å²) in [4.78, 5) is 10.2. The Hall–Kier alpha value is -0.600. The third-order valence-corrected chi connectivity index (χ3v) is 2.11. The first-order valence-corrected chi connectivity index (χ1v) is 3.46. The van der Waals surface area contributed by atoms with E-state index in [1.807, 2.05) is 0 Å². The molecule has 58 valence electrons. The zero-order valence-electron chi connectivity index (χ0n) is 5.77. The Kier molecular flexibility index (Phi) is 1.92. The first-order chi connectivity index (χ1) is 4.68. The smallest absolute Gasteiger partial charge is 0.303 e. The average molecular weight is 146 g/mol. The van der Waals surface area contributed by atoms with Gasteiger partial charge in [0.05, 0.1) is 13.1 Å². The van der Waals surface area contributed by atoms with Crippen molar-refractivity contribution in [2.24, 2.45) is 5.41 Å². The molecule has 0 amide bonds. The minimum Gasteiger partial charge on any atom is -0.481 e. The van der Waals surface area contributed by atoms with Gasteiger partial charge in [-0.15, -0.1) is 0 Å². The maximum atomic E-state index is 11.8. The van der Waals surface area contributed by atoms with E-state index in [9.17, 15) is 9.18 Å². The summed E-state index contributed by atoms with van der Waals surface area (Å²) in [6, 6.07) is 0. The molecule has 1 aliphatic rings. The number of carboxylic acids is 1. The van der Waals surface area contributed by atoms with Crippen molar-refractivity contribution in [2.45, 2.75) is 25.7 Å². The van der Waals surface area contributed by atoms with Gasteiger partial charge in [-0.3, -0.25) is 9.18 Å². The molecule has 0 aromatic heterocycles. The van der Waals surface area contributed by atoms with Crippen LogP contribution in [0.4, 0.5) is 4.39 Å². The first kappa shape index (κ1) is 7.51. The second kappa shape index (κ2) is 2.56. The first-order valence-electron chi connectivity index (χ1n) is 3.46. The van der Waals surface area contributed by atoms with E-state index in [1.54, 1.807) is 0 Å². The topological polar surface area (TPSA) is 37.3 Å². The Morgan fingerprint density at radius 1 is 1.60 bits per heavy atom. The van der Waals surface area contributed by atoms with Crippen LogP contribution in [0.25, 0.3) is 0 Å². The van der Waals surface area contributed by atoms with Crippen LogP contribution in [-0.2, 0) is 4.79 Å². The highest BCUT2D eigenvalue weighted by Gasteiger charge is 2.43. The van der Waals surface area contributed by atoms with Gasteiger partial charge in [-0.1, -0.05) is 0 Å². The summed E-state index contributed by atoms with van der Waals surface area (Å²) in [5.41, 5.74) is -0.152. The van der Waals surface area contributed by atoms with Crippen molar-refractivity contribution in [2.75, 3.05) is 6.67 Å². The number of carboxylic acid groups (broad SMARTS) is 1. The van der Waals surface area contributed by atoms with E-state index in [4.69, 9.17) is 5.11 Å². The monoisotopic (exact) mass is 146 g/mol. The Balaban J connectivity index is 2.30. The second-order valence-corrected chi connectivity index (χ2v) is 3.01. The molecule has 2 nitrogen and oxygen atoms in total. The van der Waals surface area contributed by atoms with Crippen molar-refractivity contribution < 1.29 is 14.3 Å². The van der Waals surface area contributed by atoms with E-state index in [0.29, 0.717) is 6.42 Å². The molecule has 1 saturated carbocycles. The highest BCUT2D eigenvalue weighted by Crippen LogP contribution is 2.51. The van der Waals surface area contributed by atoms with Crippen LogP contribution in [0.5, 0.6) is 0 Å². The van der Waals surface area contributed by atoms with Crippen molar-refractivity contribution in [3.63, 3.8) is 0 Å². The molecule has 10 heavy (non-hydrogen) atoms. The van der Waals surface area contributed by atoms with Gasteiger partial charge >= 0.3 is 5.97 Å². The number of carbonyl (C=O) groups is 1. The van der Waals surface area contributed by atoms with Crippen LogP contribution in [0.2, 0.25) is 0 Å². The Labute approximate surface area is 59.0 Å². The molecule has 0 bridgehead atoms. The fourth-order valence-electron chi connectivity index (χ4n) is 1.21. The van der Waals surface area contributed by atoms with Crippen molar-refractivity contribution in [3.05, 3.63) is 0 Å². The lowest BCUT2D eigenvalue weighted by atomic mass is 9.99. The number of aliphatic carboxylic acids is 1. The minimum atomic E-state index is -0.800. The third kappa shape index (κ3) is 1.69. The van der Waals surface area contributed by atoms with Gasteiger partial charge in [0, 0.05) is 0 Å². The van der Waals surface area contributed by atoms with Crippen LogP contribution in [0.1, 0.15) is 25.7 Å². The molecule has 1 N–H and O–H groups in total. The van der Waals surface area contributed by atoms with Crippen molar-refractivity contribution in [1.29, 1.82) is 0 Å². The van der Waals surface area contributed by atoms with Gasteiger partial charge in [0.15, 0.2) is 0 Å². The van der Waals surface area contributed by atoms with Crippen molar-refractivity contribution in [3.8, 4) is 0 Å². The molecule has 0 heterocycles. The van der Waals surface area contributed by atoms with E-state index < -0.39 is 5.97 Å². The predicted molar refractivity (Wildman–Crippen MR) is 34.5 cm³/mol. The Morgan fingerprint density at radius 3 is 2.50 bits per heavy atom. The fourth-order valence-corrected chi connectivity index (χ4v) is 1.21. The molecule has 0 atom stereocenters. The third-order valence-electron chi connectivity index (χ3n) is 2.11. The van der Waals surface area contributed by atoms with Gasteiger partial charge in [0.25, 0.3) is 0 Å². The highest BCUT2D eigenvalue weighted by atomic mass is 19.1. The van der Waals surface area contributed by atoms with E-state index in [2.05, 4.69) is 0 Å². The number of alkyl halides is 1. The molecule has 0 aromatic rings. The molecule has 0 spiro atoms. The normalized spacial score (nSPS) is 20.5. The SMILES string of the molecule is O=C(O)CC1(CCF)CC1. The van der Waals surface area contributed by atoms with Crippen LogP contribution >= 0.6 is 0 Å². The largest absolute Gasteiger partial charge is 0.481 e. The summed E-state index contributed by atoms with van der Waals surface area (Å²) >= 11 is 0. The summed E-state index contributed by atoms with van der Waals surface area (Å²) in [6.45, 7) is -0.382. The number of hydrogen-bond acceptors (Lipinski definition) is 1. The number of hydrogen-bond donors (Lipinski definition) is 1. The molecule has 0 saturated heterocycles. The lowest BCUT2D eigenvalue weighted by Gasteiger charge is -2.07. The molecule has 1 fully saturated rings. The average Bonchev–Trinajstić information content (AvgIpc) is 2.47. The van der Waals surface area contributed by atoms with Crippen LogP contribution in [0.3, 0.4) is 0 Å². The van der Waals surface area contributed by atoms with Crippen LogP contribution in [0, 0.1) is 5.41 Å². The lowest BCUT2D eigenvalue weighted by Crippen LogP contribution is -2.08. The van der Waals surface area contributed by atoms with Gasteiger partial charge in [-0.05, 0) is 24.7 Å². The van der Waals surface area contributed by atoms with Gasteiger partial charge < -0.3 is 5.11 Å². The predicted octanol–water partition coefficient (Wildman–Crippen LogP) is 1.60. The summed E-state index contributed by atoms with van der Waals surface area (Å²) in [7, 11) is 0. The maximum Gasteiger partial charge on any atom is 0.303 e. The van der Waals surface area contributed by atoms with Gasteiger partial charge in [0.2, 0.25) is 0 Å². The molecule has 1 rings (SSSR count). The summed E-state index contributed by atoms with van der Waals surface area (Å²) in [5.74, 6) is -0.800. The molecular weight excluding hydrogens is 135 g/mol. The molecule has 0 aromatic carbocycles. The van der Waals surface area contributed by atoms with Gasteiger partial charge in [-0.25, -0.2) is 0 Å². The Bertz CT molecular complexity index is 141. The number of rotatable bonds is 4. The Morgan fingerprint density at radius 2 is 2.20 bits per heavy atom. The van der Waals surface area contributed by atoms with Crippen LogP contribution in [0.15, 0.2) is 0 Å². The second-order valence-electron chi connectivity index (χ2n) is 3.01. The molecule has 0 aliphatic heterocycles. The molecule has 0 unspecified atom stereocenters. The lowest BCUT2D eigenvalue weighted by molar-refractivity contribution is -0.138. The van der Waals surface area contributed by atoms with Gasteiger partial charge in [-0.2, -0.15) is 0 Å². The van der Waals surface area contributed by atoms with E-state index in [1.165, 1.54) is 0 Å². The van der Waals surface area contributed by atoms with Gasteiger partial charge in [0.1, 0.15) is 0 Å². The minimum absolute atomic E-state index is 0.150. The molecular formula is C7H11FO2. The van der Waals surface area contributed by atoms with E-state index >= 15 is 0 Å².